The quantitative estimate of drug-likeness (QED) is 0.938. The smallest absolute Gasteiger partial charge is 0.341 e. The van der Waals surface area contributed by atoms with Gasteiger partial charge in [-0.2, -0.15) is 0 Å². The number of carboxylic acid groups (broad SMARTS) is 1. The summed E-state index contributed by atoms with van der Waals surface area (Å²) in [6, 6.07) is 8.36. The van der Waals surface area contributed by atoms with E-state index >= 15 is 0 Å². The fourth-order valence-electron chi connectivity index (χ4n) is 1.79. The molecule has 4 nitrogen and oxygen atoms in total. The molecule has 2 aromatic rings. The number of aromatic carboxylic acids is 1. The Kier molecular flexibility index (Phi) is 3.71. The maximum Gasteiger partial charge on any atom is 0.341 e. The first-order valence-corrected chi connectivity index (χ1v) is 6.04. The number of benzene rings is 1. The zero-order chi connectivity index (χ0) is 14.0. The lowest BCUT2D eigenvalue weighted by atomic mass is 10.1. The third-order valence-electron chi connectivity index (χ3n) is 2.80. The summed E-state index contributed by atoms with van der Waals surface area (Å²) in [5.41, 5.74) is 1.02. The molecular weight excluding hydrogens is 266 g/mol. The molecule has 1 heterocycles. The van der Waals surface area contributed by atoms with Crippen molar-refractivity contribution in [2.24, 2.45) is 0 Å². The topological polar surface area (TPSA) is 59.3 Å². The molecule has 98 valence electrons. The van der Waals surface area contributed by atoms with Gasteiger partial charge in [-0.1, -0.05) is 23.7 Å². The van der Waals surface area contributed by atoms with Crippen LogP contribution in [0.25, 0.3) is 0 Å². The van der Waals surface area contributed by atoms with Crippen molar-refractivity contribution in [1.82, 2.24) is 4.57 Å². The fourth-order valence-corrected chi connectivity index (χ4v) is 2.08. The first kappa shape index (κ1) is 13.4. The van der Waals surface area contributed by atoms with Crippen LogP contribution in [0.3, 0.4) is 0 Å². The van der Waals surface area contributed by atoms with Crippen molar-refractivity contribution >= 4 is 17.6 Å². The first-order chi connectivity index (χ1) is 8.99. The minimum Gasteiger partial charge on any atom is -0.477 e. The van der Waals surface area contributed by atoms with Crippen molar-refractivity contribution in [2.75, 3.05) is 0 Å². The Labute approximate surface area is 114 Å². The molecule has 0 aliphatic rings. The molecule has 19 heavy (non-hydrogen) atoms. The number of nitrogens with zero attached hydrogens (tertiary/aromatic N) is 1. The number of carbonyl (C=O) groups is 1. The molecule has 0 aliphatic heterocycles. The summed E-state index contributed by atoms with van der Waals surface area (Å²) >= 11 is 6.10. The molecule has 1 aromatic heterocycles. The van der Waals surface area contributed by atoms with Crippen molar-refractivity contribution in [3.8, 4) is 0 Å². The molecule has 5 heteroatoms. The molecule has 0 amide bonds. The van der Waals surface area contributed by atoms with Gasteiger partial charge in [0.25, 0.3) is 5.56 Å². The van der Waals surface area contributed by atoms with Gasteiger partial charge in [-0.3, -0.25) is 4.79 Å². The Hall–Kier alpha value is -2.07. The van der Waals surface area contributed by atoms with Crippen molar-refractivity contribution in [3.05, 3.63) is 68.6 Å². The van der Waals surface area contributed by atoms with Crippen molar-refractivity contribution in [2.45, 2.75) is 13.5 Å². The molecule has 0 unspecified atom stereocenters. The summed E-state index contributed by atoms with van der Waals surface area (Å²) < 4.78 is 1.33. The van der Waals surface area contributed by atoms with Crippen LogP contribution >= 0.6 is 11.6 Å². The number of pyridine rings is 1. The minimum absolute atomic E-state index is 0.245. The van der Waals surface area contributed by atoms with Gasteiger partial charge in [0.15, 0.2) is 0 Å². The van der Waals surface area contributed by atoms with Gasteiger partial charge in [0.05, 0.1) is 6.54 Å². The van der Waals surface area contributed by atoms with Crippen LogP contribution in [0.15, 0.2) is 41.3 Å². The number of aryl methyl sites for hydroxylation is 1. The van der Waals surface area contributed by atoms with Gasteiger partial charge in [-0.25, -0.2) is 4.79 Å². The van der Waals surface area contributed by atoms with Crippen LogP contribution < -0.4 is 5.56 Å². The van der Waals surface area contributed by atoms with Gasteiger partial charge >= 0.3 is 5.97 Å². The van der Waals surface area contributed by atoms with Gasteiger partial charge < -0.3 is 9.67 Å². The maximum atomic E-state index is 11.9. The zero-order valence-corrected chi connectivity index (χ0v) is 11.0. The van der Waals surface area contributed by atoms with E-state index in [1.54, 1.807) is 6.20 Å². The van der Waals surface area contributed by atoms with E-state index in [1.165, 1.54) is 16.7 Å². The molecule has 0 bridgehead atoms. The molecular formula is C14H12ClNO3. The molecule has 0 fully saturated rings. The monoisotopic (exact) mass is 277 g/mol. The van der Waals surface area contributed by atoms with E-state index in [0.29, 0.717) is 5.02 Å². The first-order valence-electron chi connectivity index (χ1n) is 5.67. The number of carboxylic acids is 1. The standard InChI is InChI=1S/C14H12ClNO3/c1-9-4-5-10(12(15)7-9)8-16-6-2-3-11(13(16)17)14(18)19/h2-7H,8H2,1H3,(H,18,19). The molecule has 0 aliphatic carbocycles. The zero-order valence-electron chi connectivity index (χ0n) is 10.3. The number of halogens is 1. The summed E-state index contributed by atoms with van der Waals surface area (Å²) in [7, 11) is 0. The Morgan fingerprint density at radius 2 is 2.11 bits per heavy atom. The van der Waals surface area contributed by atoms with Crippen molar-refractivity contribution in [1.29, 1.82) is 0 Å². The highest BCUT2D eigenvalue weighted by Crippen LogP contribution is 2.18. The maximum absolute atomic E-state index is 11.9. The van der Waals surface area contributed by atoms with Gasteiger partial charge in [-0.05, 0) is 36.2 Å². The molecule has 0 radical (unpaired) electrons. The second kappa shape index (κ2) is 5.28. The number of aromatic nitrogens is 1. The predicted octanol–water partition coefficient (Wildman–Crippen LogP) is 2.56. The average molecular weight is 278 g/mol. The van der Waals surface area contributed by atoms with E-state index < -0.39 is 11.5 Å². The lowest BCUT2D eigenvalue weighted by Gasteiger charge is -2.09. The van der Waals surface area contributed by atoms with E-state index in [4.69, 9.17) is 16.7 Å². The Bertz CT molecular complexity index is 691. The summed E-state index contributed by atoms with van der Waals surface area (Å²) in [6.45, 7) is 2.17. The SMILES string of the molecule is Cc1ccc(Cn2cccc(C(=O)O)c2=O)c(Cl)c1. The summed E-state index contributed by atoms with van der Waals surface area (Å²) in [4.78, 5) is 22.8. The van der Waals surface area contributed by atoms with Crippen LogP contribution in [0.5, 0.6) is 0 Å². The summed E-state index contributed by atoms with van der Waals surface area (Å²) in [5.74, 6) is -1.23. The third kappa shape index (κ3) is 2.85. The van der Waals surface area contributed by atoms with Gasteiger partial charge in [0.2, 0.25) is 0 Å². The van der Waals surface area contributed by atoms with E-state index in [1.807, 2.05) is 25.1 Å². The normalized spacial score (nSPS) is 10.4. The van der Waals surface area contributed by atoms with Crippen molar-refractivity contribution < 1.29 is 9.90 Å². The largest absolute Gasteiger partial charge is 0.477 e. The number of rotatable bonds is 3. The van der Waals surface area contributed by atoms with Crippen LogP contribution in [0.2, 0.25) is 5.02 Å². The Balaban J connectivity index is 2.42. The Morgan fingerprint density at radius 3 is 2.74 bits per heavy atom. The highest BCUT2D eigenvalue weighted by atomic mass is 35.5. The predicted molar refractivity (Wildman–Crippen MR) is 73.0 cm³/mol. The molecule has 0 saturated carbocycles. The van der Waals surface area contributed by atoms with Crippen LogP contribution in [-0.2, 0) is 6.54 Å². The molecule has 0 atom stereocenters. The van der Waals surface area contributed by atoms with E-state index in [-0.39, 0.29) is 12.1 Å². The highest BCUT2D eigenvalue weighted by molar-refractivity contribution is 6.31. The van der Waals surface area contributed by atoms with E-state index in [9.17, 15) is 9.59 Å². The second-order valence-corrected chi connectivity index (χ2v) is 4.66. The molecule has 0 saturated heterocycles. The lowest BCUT2D eigenvalue weighted by molar-refractivity contribution is 0.0694. The Morgan fingerprint density at radius 1 is 1.37 bits per heavy atom. The number of hydrogen-bond donors (Lipinski definition) is 1. The van der Waals surface area contributed by atoms with Crippen LogP contribution in [0.4, 0.5) is 0 Å². The van der Waals surface area contributed by atoms with Crippen LogP contribution in [0.1, 0.15) is 21.5 Å². The summed E-state index contributed by atoms with van der Waals surface area (Å²) in [5, 5.41) is 9.47. The minimum atomic E-state index is -1.23. The highest BCUT2D eigenvalue weighted by Gasteiger charge is 2.11. The second-order valence-electron chi connectivity index (χ2n) is 4.25. The average Bonchev–Trinajstić information content (AvgIpc) is 2.34. The molecule has 1 N–H and O–H groups in total. The fraction of sp³-hybridized carbons (Fsp3) is 0.143. The molecule has 1 aromatic carbocycles. The molecule has 2 rings (SSSR count). The van der Waals surface area contributed by atoms with Gasteiger partial charge in [-0.15, -0.1) is 0 Å². The van der Waals surface area contributed by atoms with E-state index in [0.717, 1.165) is 11.1 Å². The summed E-state index contributed by atoms with van der Waals surface area (Å²) in [6.07, 6.45) is 1.55. The number of hydrogen-bond acceptors (Lipinski definition) is 2. The third-order valence-corrected chi connectivity index (χ3v) is 3.15. The van der Waals surface area contributed by atoms with Gasteiger partial charge in [0, 0.05) is 11.2 Å². The van der Waals surface area contributed by atoms with Crippen molar-refractivity contribution in [3.63, 3.8) is 0 Å². The van der Waals surface area contributed by atoms with Crippen LogP contribution in [0, 0.1) is 6.92 Å². The van der Waals surface area contributed by atoms with E-state index in [2.05, 4.69) is 0 Å². The van der Waals surface area contributed by atoms with Gasteiger partial charge in [0.1, 0.15) is 5.56 Å². The van der Waals surface area contributed by atoms with Crippen LogP contribution in [-0.4, -0.2) is 15.6 Å². The lowest BCUT2D eigenvalue weighted by Crippen LogP contribution is -2.26. The molecule has 0 spiro atoms.